The second kappa shape index (κ2) is 8.38. The molecule has 1 heterocycles. The highest BCUT2D eigenvalue weighted by Gasteiger charge is 2.35. The molecule has 0 bridgehead atoms. The number of rotatable bonds is 4. The van der Waals surface area contributed by atoms with Crippen molar-refractivity contribution < 1.29 is 13.2 Å². The zero-order chi connectivity index (χ0) is 17.2. The second-order valence-corrected chi connectivity index (χ2v) is 7.86. The van der Waals surface area contributed by atoms with Crippen LogP contribution in [0.25, 0.3) is 0 Å². The van der Waals surface area contributed by atoms with Gasteiger partial charge in [-0.3, -0.25) is 0 Å². The van der Waals surface area contributed by atoms with E-state index in [1.807, 2.05) is 24.3 Å². The Morgan fingerprint density at radius 1 is 1.20 bits per heavy atom. The predicted octanol–water partition coefficient (Wildman–Crippen LogP) is 3.11. The van der Waals surface area contributed by atoms with Gasteiger partial charge in [-0.25, -0.2) is 8.42 Å². The van der Waals surface area contributed by atoms with Gasteiger partial charge in [0.05, 0.1) is 18.0 Å². The molecule has 2 aromatic carbocycles. The van der Waals surface area contributed by atoms with Gasteiger partial charge in [0, 0.05) is 30.2 Å². The molecule has 1 aliphatic heterocycles. The van der Waals surface area contributed by atoms with Crippen molar-refractivity contribution in [3.63, 3.8) is 0 Å². The van der Waals surface area contributed by atoms with Crippen LogP contribution in [0.15, 0.2) is 53.4 Å². The molecule has 1 fully saturated rings. The third-order valence-electron chi connectivity index (χ3n) is 4.09. The van der Waals surface area contributed by atoms with Gasteiger partial charge in [-0.2, -0.15) is 4.31 Å². The molecular formula is C17H20Cl2N2O3S. The maximum Gasteiger partial charge on any atom is 0.243 e. The summed E-state index contributed by atoms with van der Waals surface area (Å²) in [5.41, 5.74) is 0.845. The molecule has 1 saturated heterocycles. The third-order valence-corrected chi connectivity index (χ3v) is 6.23. The number of halogens is 2. The Hall–Kier alpha value is -1.31. The lowest BCUT2D eigenvalue weighted by molar-refractivity contribution is 0.264. The van der Waals surface area contributed by atoms with Gasteiger partial charge in [0.15, 0.2) is 0 Å². The summed E-state index contributed by atoms with van der Waals surface area (Å²) < 4.78 is 33.2. The zero-order valence-electron chi connectivity index (χ0n) is 13.7. The number of sulfonamides is 1. The average molecular weight is 403 g/mol. The Bertz CT molecular complexity index is 830. The van der Waals surface area contributed by atoms with E-state index in [9.17, 15) is 8.42 Å². The van der Waals surface area contributed by atoms with Crippen molar-refractivity contribution in [1.29, 1.82) is 0 Å². The summed E-state index contributed by atoms with van der Waals surface area (Å²) in [5, 5.41) is 3.66. The molecule has 136 valence electrons. The van der Waals surface area contributed by atoms with Crippen LogP contribution in [0.5, 0.6) is 5.75 Å². The van der Waals surface area contributed by atoms with Crippen LogP contribution >= 0.6 is 24.0 Å². The molecule has 0 radical (unpaired) electrons. The molecule has 8 heteroatoms. The minimum Gasteiger partial charge on any atom is -0.496 e. The molecule has 3 rings (SSSR count). The average Bonchev–Trinajstić information content (AvgIpc) is 2.61. The first kappa shape index (κ1) is 20.0. The lowest BCUT2D eigenvalue weighted by Gasteiger charge is -2.36. The van der Waals surface area contributed by atoms with Gasteiger partial charge >= 0.3 is 0 Å². The largest absolute Gasteiger partial charge is 0.496 e. The molecule has 0 aliphatic carbocycles. The van der Waals surface area contributed by atoms with Gasteiger partial charge in [-0.15, -0.1) is 12.4 Å². The van der Waals surface area contributed by atoms with Crippen molar-refractivity contribution >= 4 is 34.0 Å². The Kier molecular flexibility index (Phi) is 6.71. The van der Waals surface area contributed by atoms with Crippen LogP contribution in [0.1, 0.15) is 11.6 Å². The molecule has 0 aromatic heterocycles. The fraction of sp³-hybridized carbons (Fsp3) is 0.294. The maximum absolute atomic E-state index is 13.1. The minimum atomic E-state index is -3.65. The SMILES string of the molecule is COc1ccccc1C1CNCCN1S(=O)(=O)c1cccc(Cl)c1.Cl. The van der Waals surface area contributed by atoms with E-state index in [1.165, 1.54) is 10.4 Å². The Morgan fingerprint density at radius 2 is 1.96 bits per heavy atom. The molecule has 5 nitrogen and oxygen atoms in total. The van der Waals surface area contributed by atoms with E-state index in [1.54, 1.807) is 25.3 Å². The number of para-hydroxylation sites is 1. The molecule has 0 saturated carbocycles. The number of piperazine rings is 1. The van der Waals surface area contributed by atoms with Crippen molar-refractivity contribution in [2.24, 2.45) is 0 Å². The number of methoxy groups -OCH3 is 1. The van der Waals surface area contributed by atoms with Crippen molar-refractivity contribution in [3.8, 4) is 5.75 Å². The van der Waals surface area contributed by atoms with Gasteiger partial charge in [0.1, 0.15) is 5.75 Å². The summed E-state index contributed by atoms with van der Waals surface area (Å²) in [4.78, 5) is 0.205. The first-order valence-electron chi connectivity index (χ1n) is 7.65. The van der Waals surface area contributed by atoms with Crippen LogP contribution in [0.2, 0.25) is 5.02 Å². The molecular weight excluding hydrogens is 383 g/mol. The number of benzene rings is 2. The van der Waals surface area contributed by atoms with Gasteiger partial charge in [0.25, 0.3) is 0 Å². The molecule has 2 aromatic rings. The van der Waals surface area contributed by atoms with Gasteiger partial charge in [-0.05, 0) is 24.3 Å². The number of nitrogens with zero attached hydrogens (tertiary/aromatic N) is 1. The normalized spacial score (nSPS) is 18.4. The molecule has 0 amide bonds. The van der Waals surface area contributed by atoms with E-state index in [2.05, 4.69) is 5.32 Å². The highest BCUT2D eigenvalue weighted by Crippen LogP contribution is 2.34. The maximum atomic E-state index is 13.1. The van der Waals surface area contributed by atoms with Crippen molar-refractivity contribution in [3.05, 3.63) is 59.1 Å². The Morgan fingerprint density at radius 3 is 2.68 bits per heavy atom. The summed E-state index contributed by atoms with van der Waals surface area (Å²) in [6, 6.07) is 13.5. The highest BCUT2D eigenvalue weighted by atomic mass is 35.5. The van der Waals surface area contributed by atoms with E-state index in [-0.39, 0.29) is 23.3 Å². The molecule has 1 N–H and O–H groups in total. The van der Waals surface area contributed by atoms with Gasteiger partial charge in [0.2, 0.25) is 10.0 Å². The highest BCUT2D eigenvalue weighted by molar-refractivity contribution is 7.89. The number of nitrogens with one attached hydrogen (secondary N) is 1. The summed E-state index contributed by atoms with van der Waals surface area (Å²) in [6.07, 6.45) is 0. The molecule has 1 atom stereocenters. The molecule has 25 heavy (non-hydrogen) atoms. The Balaban J connectivity index is 0.00000225. The Labute approximate surface area is 159 Å². The molecule has 1 unspecified atom stereocenters. The van der Waals surface area contributed by atoms with Crippen LogP contribution in [-0.4, -0.2) is 39.5 Å². The zero-order valence-corrected chi connectivity index (χ0v) is 16.1. The van der Waals surface area contributed by atoms with E-state index < -0.39 is 10.0 Å². The van der Waals surface area contributed by atoms with E-state index in [4.69, 9.17) is 16.3 Å². The van der Waals surface area contributed by atoms with Gasteiger partial charge < -0.3 is 10.1 Å². The predicted molar refractivity (Wildman–Crippen MR) is 101 cm³/mol. The van der Waals surface area contributed by atoms with E-state index in [0.717, 1.165) is 5.56 Å². The number of hydrogen-bond donors (Lipinski definition) is 1. The minimum absolute atomic E-state index is 0. The summed E-state index contributed by atoms with van der Waals surface area (Å²) in [5.74, 6) is 0.678. The van der Waals surface area contributed by atoms with Crippen LogP contribution in [-0.2, 0) is 10.0 Å². The summed E-state index contributed by atoms with van der Waals surface area (Å²) >= 11 is 5.98. The van der Waals surface area contributed by atoms with Crippen LogP contribution < -0.4 is 10.1 Å². The quantitative estimate of drug-likeness (QED) is 0.853. The fourth-order valence-electron chi connectivity index (χ4n) is 2.94. The van der Waals surface area contributed by atoms with Crippen molar-refractivity contribution in [2.45, 2.75) is 10.9 Å². The molecule has 1 aliphatic rings. The van der Waals surface area contributed by atoms with Crippen molar-refractivity contribution in [1.82, 2.24) is 9.62 Å². The number of ether oxygens (including phenoxy) is 1. The first-order valence-corrected chi connectivity index (χ1v) is 9.47. The fourth-order valence-corrected chi connectivity index (χ4v) is 4.85. The molecule has 0 spiro atoms. The van der Waals surface area contributed by atoms with Crippen molar-refractivity contribution in [2.75, 3.05) is 26.7 Å². The van der Waals surface area contributed by atoms with Gasteiger partial charge in [-0.1, -0.05) is 35.9 Å². The van der Waals surface area contributed by atoms with Crippen LogP contribution in [0, 0.1) is 0 Å². The monoisotopic (exact) mass is 402 g/mol. The number of hydrogen-bond acceptors (Lipinski definition) is 4. The second-order valence-electron chi connectivity index (χ2n) is 5.54. The summed E-state index contributed by atoms with van der Waals surface area (Å²) in [7, 11) is -2.07. The van der Waals surface area contributed by atoms with Crippen LogP contribution in [0.4, 0.5) is 0 Å². The summed E-state index contributed by atoms with van der Waals surface area (Å²) in [6.45, 7) is 1.52. The lowest BCUT2D eigenvalue weighted by atomic mass is 10.0. The van der Waals surface area contributed by atoms with E-state index >= 15 is 0 Å². The topological polar surface area (TPSA) is 58.6 Å². The lowest BCUT2D eigenvalue weighted by Crippen LogP contribution is -2.48. The third kappa shape index (κ3) is 4.10. The standard InChI is InChI=1S/C17H19ClN2O3S.ClH/c1-23-17-8-3-2-7-15(17)16-12-19-9-10-20(16)24(21,22)14-6-4-5-13(18)11-14;/h2-8,11,16,19H,9-10,12H2,1H3;1H. The first-order chi connectivity index (χ1) is 11.5. The smallest absolute Gasteiger partial charge is 0.243 e. The van der Waals surface area contributed by atoms with E-state index in [0.29, 0.717) is 30.4 Å². The van der Waals surface area contributed by atoms with Crippen LogP contribution in [0.3, 0.4) is 0 Å².